The second kappa shape index (κ2) is 6.61. The van der Waals surface area contributed by atoms with Gasteiger partial charge < -0.3 is 15.2 Å². The minimum absolute atomic E-state index is 0.638. The SMILES string of the molecule is COc1ccc(OC)c(CCCCN)c1Cl. The van der Waals surface area contributed by atoms with E-state index in [0.29, 0.717) is 17.3 Å². The molecule has 16 heavy (non-hydrogen) atoms. The third-order valence-electron chi connectivity index (χ3n) is 2.49. The van der Waals surface area contributed by atoms with Gasteiger partial charge in [-0.3, -0.25) is 0 Å². The Bertz CT molecular complexity index is 342. The first-order valence-electron chi connectivity index (χ1n) is 5.34. The predicted molar refractivity (Wildman–Crippen MR) is 66.5 cm³/mol. The molecule has 1 rings (SSSR count). The topological polar surface area (TPSA) is 44.5 Å². The number of ether oxygens (including phenoxy) is 2. The van der Waals surface area contributed by atoms with E-state index in [2.05, 4.69) is 0 Å². The van der Waals surface area contributed by atoms with Crippen molar-refractivity contribution in [2.75, 3.05) is 20.8 Å². The molecular formula is C12H18ClNO2. The summed E-state index contributed by atoms with van der Waals surface area (Å²) in [5.74, 6) is 1.49. The molecule has 0 saturated carbocycles. The summed E-state index contributed by atoms with van der Waals surface area (Å²) in [6.45, 7) is 0.698. The van der Waals surface area contributed by atoms with E-state index in [1.165, 1.54) is 0 Å². The van der Waals surface area contributed by atoms with Gasteiger partial charge in [-0.25, -0.2) is 0 Å². The molecular weight excluding hydrogens is 226 g/mol. The lowest BCUT2D eigenvalue weighted by Gasteiger charge is -2.13. The minimum atomic E-state index is 0.638. The maximum absolute atomic E-state index is 6.24. The van der Waals surface area contributed by atoms with Gasteiger partial charge in [0.1, 0.15) is 11.5 Å². The van der Waals surface area contributed by atoms with Gasteiger partial charge in [0.15, 0.2) is 0 Å². The summed E-state index contributed by atoms with van der Waals surface area (Å²) in [7, 11) is 3.25. The second-order valence-corrected chi connectivity index (χ2v) is 3.89. The Hall–Kier alpha value is -0.930. The highest BCUT2D eigenvalue weighted by atomic mass is 35.5. The van der Waals surface area contributed by atoms with Crippen molar-refractivity contribution in [3.63, 3.8) is 0 Å². The van der Waals surface area contributed by atoms with E-state index in [9.17, 15) is 0 Å². The first-order chi connectivity index (χ1) is 7.74. The van der Waals surface area contributed by atoms with E-state index in [4.69, 9.17) is 26.8 Å². The van der Waals surface area contributed by atoms with E-state index in [0.717, 1.165) is 30.6 Å². The average Bonchev–Trinajstić information content (AvgIpc) is 2.31. The highest BCUT2D eigenvalue weighted by Crippen LogP contribution is 2.35. The fourth-order valence-electron chi connectivity index (χ4n) is 1.61. The first-order valence-corrected chi connectivity index (χ1v) is 5.71. The molecule has 0 heterocycles. The summed E-state index contributed by atoms with van der Waals surface area (Å²) in [4.78, 5) is 0. The Morgan fingerprint density at radius 2 is 1.75 bits per heavy atom. The molecule has 0 radical (unpaired) electrons. The standard InChI is InChI=1S/C12H18ClNO2/c1-15-10-6-7-11(16-2)12(13)9(10)5-3-4-8-14/h6-7H,3-5,8,14H2,1-2H3. The second-order valence-electron chi connectivity index (χ2n) is 3.51. The molecule has 0 amide bonds. The summed E-state index contributed by atoms with van der Waals surface area (Å²) in [6.07, 6.45) is 2.84. The van der Waals surface area contributed by atoms with Gasteiger partial charge in [-0.05, 0) is 37.9 Å². The quantitative estimate of drug-likeness (QED) is 0.782. The van der Waals surface area contributed by atoms with Crippen LogP contribution in [0, 0.1) is 0 Å². The smallest absolute Gasteiger partial charge is 0.138 e. The molecule has 4 heteroatoms. The number of hydrogen-bond acceptors (Lipinski definition) is 3. The summed E-state index contributed by atoms with van der Waals surface area (Å²) < 4.78 is 10.5. The van der Waals surface area contributed by atoms with Crippen LogP contribution in [0.5, 0.6) is 11.5 Å². The third-order valence-corrected chi connectivity index (χ3v) is 2.90. The molecule has 1 aromatic rings. The van der Waals surface area contributed by atoms with Crippen LogP contribution in [0.2, 0.25) is 5.02 Å². The Balaban J connectivity index is 2.92. The molecule has 2 N–H and O–H groups in total. The number of unbranched alkanes of at least 4 members (excludes halogenated alkanes) is 1. The normalized spacial score (nSPS) is 10.2. The zero-order chi connectivity index (χ0) is 12.0. The Morgan fingerprint density at radius 1 is 1.12 bits per heavy atom. The Kier molecular flexibility index (Phi) is 5.43. The summed E-state index contributed by atoms with van der Waals surface area (Å²) in [6, 6.07) is 3.69. The molecule has 0 unspecified atom stereocenters. The maximum Gasteiger partial charge on any atom is 0.138 e. The van der Waals surface area contributed by atoms with Crippen LogP contribution >= 0.6 is 11.6 Å². The van der Waals surface area contributed by atoms with Gasteiger partial charge in [0.2, 0.25) is 0 Å². The predicted octanol–water partition coefficient (Wildman–Crippen LogP) is 2.64. The number of hydrogen-bond donors (Lipinski definition) is 1. The van der Waals surface area contributed by atoms with E-state index < -0.39 is 0 Å². The highest BCUT2D eigenvalue weighted by Gasteiger charge is 2.12. The van der Waals surface area contributed by atoms with Crippen LogP contribution in [0.15, 0.2) is 12.1 Å². The zero-order valence-corrected chi connectivity index (χ0v) is 10.5. The number of methoxy groups -OCH3 is 2. The maximum atomic E-state index is 6.24. The van der Waals surface area contributed by atoms with E-state index in [1.807, 2.05) is 12.1 Å². The molecule has 1 aromatic carbocycles. The summed E-state index contributed by atoms with van der Waals surface area (Å²) >= 11 is 6.24. The van der Waals surface area contributed by atoms with Crippen molar-refractivity contribution in [3.8, 4) is 11.5 Å². The molecule has 0 aliphatic carbocycles. The van der Waals surface area contributed by atoms with Gasteiger partial charge in [-0.2, -0.15) is 0 Å². The number of nitrogens with two attached hydrogens (primary N) is 1. The minimum Gasteiger partial charge on any atom is -0.496 e. The molecule has 0 bridgehead atoms. The van der Waals surface area contributed by atoms with E-state index in [1.54, 1.807) is 14.2 Å². The molecule has 0 saturated heterocycles. The lowest BCUT2D eigenvalue weighted by molar-refractivity contribution is 0.398. The Morgan fingerprint density at radius 3 is 2.31 bits per heavy atom. The number of benzene rings is 1. The van der Waals surface area contributed by atoms with Crippen LogP contribution in [0.4, 0.5) is 0 Å². The van der Waals surface area contributed by atoms with Crippen molar-refractivity contribution < 1.29 is 9.47 Å². The van der Waals surface area contributed by atoms with Crippen LogP contribution < -0.4 is 15.2 Å². The van der Waals surface area contributed by atoms with Gasteiger partial charge in [0.05, 0.1) is 19.2 Å². The van der Waals surface area contributed by atoms with Crippen LogP contribution in [0.25, 0.3) is 0 Å². The van der Waals surface area contributed by atoms with Crippen molar-refractivity contribution in [1.82, 2.24) is 0 Å². The lowest BCUT2D eigenvalue weighted by atomic mass is 10.1. The van der Waals surface area contributed by atoms with E-state index in [-0.39, 0.29) is 0 Å². The van der Waals surface area contributed by atoms with Gasteiger partial charge in [0, 0.05) is 5.56 Å². The summed E-state index contributed by atoms with van der Waals surface area (Å²) in [5.41, 5.74) is 6.47. The third kappa shape index (κ3) is 3.03. The fraction of sp³-hybridized carbons (Fsp3) is 0.500. The summed E-state index contributed by atoms with van der Waals surface area (Å²) in [5, 5.41) is 0.638. The molecule has 0 aromatic heterocycles. The average molecular weight is 244 g/mol. The zero-order valence-electron chi connectivity index (χ0n) is 9.75. The molecule has 0 spiro atoms. The fourth-order valence-corrected chi connectivity index (χ4v) is 1.94. The van der Waals surface area contributed by atoms with Crippen molar-refractivity contribution in [2.24, 2.45) is 5.73 Å². The molecule has 0 aliphatic rings. The first kappa shape index (κ1) is 13.1. The highest BCUT2D eigenvalue weighted by molar-refractivity contribution is 6.33. The molecule has 90 valence electrons. The van der Waals surface area contributed by atoms with Crippen molar-refractivity contribution in [2.45, 2.75) is 19.3 Å². The largest absolute Gasteiger partial charge is 0.496 e. The van der Waals surface area contributed by atoms with Crippen molar-refractivity contribution >= 4 is 11.6 Å². The van der Waals surface area contributed by atoms with E-state index >= 15 is 0 Å². The van der Waals surface area contributed by atoms with Crippen molar-refractivity contribution in [3.05, 3.63) is 22.7 Å². The number of rotatable bonds is 6. The molecule has 0 fully saturated rings. The van der Waals surface area contributed by atoms with Crippen LogP contribution in [-0.4, -0.2) is 20.8 Å². The molecule has 0 aliphatic heterocycles. The van der Waals surface area contributed by atoms with Gasteiger partial charge in [0.25, 0.3) is 0 Å². The Labute approximate surface area is 101 Å². The van der Waals surface area contributed by atoms with Crippen LogP contribution in [0.3, 0.4) is 0 Å². The number of halogens is 1. The van der Waals surface area contributed by atoms with Crippen molar-refractivity contribution in [1.29, 1.82) is 0 Å². The van der Waals surface area contributed by atoms with Crippen LogP contribution in [0.1, 0.15) is 18.4 Å². The van der Waals surface area contributed by atoms with Gasteiger partial charge in [-0.15, -0.1) is 0 Å². The van der Waals surface area contributed by atoms with Gasteiger partial charge >= 0.3 is 0 Å². The van der Waals surface area contributed by atoms with Crippen LogP contribution in [-0.2, 0) is 6.42 Å². The molecule has 0 atom stereocenters. The molecule has 3 nitrogen and oxygen atoms in total. The monoisotopic (exact) mass is 243 g/mol. The van der Waals surface area contributed by atoms with Gasteiger partial charge in [-0.1, -0.05) is 11.6 Å². The lowest BCUT2D eigenvalue weighted by Crippen LogP contribution is -2.01.